The summed E-state index contributed by atoms with van der Waals surface area (Å²) in [6, 6.07) is 4.91. The van der Waals surface area contributed by atoms with Crippen LogP contribution in [0.4, 0.5) is 4.79 Å². The van der Waals surface area contributed by atoms with Crippen LogP contribution in [0.1, 0.15) is 5.56 Å². The molecule has 0 radical (unpaired) electrons. The van der Waals surface area contributed by atoms with Crippen LogP contribution in [0.2, 0.25) is 0 Å². The fourth-order valence-corrected chi connectivity index (χ4v) is 3.04. The molecule has 1 saturated heterocycles. The quantitative estimate of drug-likeness (QED) is 0.755. The van der Waals surface area contributed by atoms with Gasteiger partial charge in [0, 0.05) is 0 Å². The zero-order valence-corrected chi connectivity index (χ0v) is 10.4. The topological polar surface area (TPSA) is 80.8 Å². The highest BCUT2D eigenvalue weighted by atomic mass is 32.2. The number of cyclic esters (lactones) is 1. The predicted molar refractivity (Wildman–Crippen MR) is 61.4 cm³/mol. The molecule has 0 N–H and O–H groups in total. The number of nitrogens with zero attached hydrogens (tertiary/aromatic N) is 1. The number of carbonyl (C=O) groups is 2. The standard InChI is InChI=1S/C11H11NO5S/c1-8-2-4-10(5-3-8)18(15,16)12-9(6-13)7-17-11(12)14/h2-6,9H,7H2,1H3/t9-/m0/s1. The molecule has 1 atom stereocenters. The molecule has 1 aromatic carbocycles. The summed E-state index contributed by atoms with van der Waals surface area (Å²) in [5.41, 5.74) is 0.893. The second-order valence-electron chi connectivity index (χ2n) is 3.89. The largest absolute Gasteiger partial charge is 0.446 e. The van der Waals surface area contributed by atoms with Gasteiger partial charge in [-0.15, -0.1) is 0 Å². The van der Waals surface area contributed by atoms with Crippen molar-refractivity contribution < 1.29 is 22.7 Å². The van der Waals surface area contributed by atoms with Crippen molar-refractivity contribution in [1.82, 2.24) is 4.31 Å². The van der Waals surface area contributed by atoms with Gasteiger partial charge in [-0.25, -0.2) is 13.2 Å². The van der Waals surface area contributed by atoms with Crippen molar-refractivity contribution in [2.45, 2.75) is 17.9 Å². The lowest BCUT2D eigenvalue weighted by atomic mass is 10.2. The third-order valence-corrected chi connectivity index (χ3v) is 4.40. The third kappa shape index (κ3) is 1.97. The third-order valence-electron chi connectivity index (χ3n) is 2.59. The van der Waals surface area contributed by atoms with Crippen LogP contribution in [0.3, 0.4) is 0 Å². The first kappa shape index (κ1) is 12.6. The molecule has 0 unspecified atom stereocenters. The molecular weight excluding hydrogens is 258 g/mol. The Labute approximate surface area is 104 Å². The van der Waals surface area contributed by atoms with Gasteiger partial charge in [0.1, 0.15) is 18.9 Å². The molecule has 1 heterocycles. The number of rotatable bonds is 3. The summed E-state index contributed by atoms with van der Waals surface area (Å²) in [5.74, 6) is 0. The fourth-order valence-electron chi connectivity index (χ4n) is 1.62. The van der Waals surface area contributed by atoms with Gasteiger partial charge in [-0.2, -0.15) is 4.31 Å². The molecule has 0 aliphatic carbocycles. The molecule has 1 fully saturated rings. The minimum absolute atomic E-state index is 0.0428. The summed E-state index contributed by atoms with van der Waals surface area (Å²) >= 11 is 0. The lowest BCUT2D eigenvalue weighted by Crippen LogP contribution is -2.39. The van der Waals surface area contributed by atoms with Gasteiger partial charge in [-0.3, -0.25) is 0 Å². The lowest BCUT2D eigenvalue weighted by molar-refractivity contribution is -0.110. The van der Waals surface area contributed by atoms with E-state index in [4.69, 9.17) is 0 Å². The van der Waals surface area contributed by atoms with Crippen molar-refractivity contribution in [1.29, 1.82) is 0 Å². The Morgan fingerprint density at radius 3 is 2.50 bits per heavy atom. The van der Waals surface area contributed by atoms with Crippen LogP contribution in [0, 0.1) is 6.92 Å². The van der Waals surface area contributed by atoms with Crippen LogP contribution < -0.4 is 0 Å². The van der Waals surface area contributed by atoms with E-state index >= 15 is 0 Å². The Kier molecular flexibility index (Phi) is 3.08. The van der Waals surface area contributed by atoms with E-state index in [2.05, 4.69) is 4.74 Å². The van der Waals surface area contributed by atoms with Crippen LogP contribution in [-0.4, -0.2) is 37.8 Å². The van der Waals surface area contributed by atoms with Gasteiger partial charge >= 0.3 is 6.09 Å². The molecular formula is C11H11NO5S. The average Bonchev–Trinajstić information content (AvgIpc) is 2.71. The summed E-state index contributed by atoms with van der Waals surface area (Å²) in [6.07, 6.45) is -0.635. The SMILES string of the molecule is Cc1ccc(S(=O)(=O)N2C(=O)OC[C@@H]2C=O)cc1. The van der Waals surface area contributed by atoms with Gasteiger partial charge in [-0.1, -0.05) is 17.7 Å². The van der Waals surface area contributed by atoms with Gasteiger partial charge in [0.2, 0.25) is 0 Å². The molecule has 0 saturated carbocycles. The van der Waals surface area contributed by atoms with E-state index in [0.717, 1.165) is 5.56 Å². The molecule has 1 amide bonds. The Balaban J connectivity index is 2.44. The average molecular weight is 269 g/mol. The number of aryl methyl sites for hydroxylation is 1. The molecule has 7 heteroatoms. The molecule has 1 aliphatic heterocycles. The summed E-state index contributed by atoms with van der Waals surface area (Å²) in [7, 11) is -4.04. The van der Waals surface area contributed by atoms with E-state index in [9.17, 15) is 18.0 Å². The first-order chi connectivity index (χ1) is 8.46. The number of benzene rings is 1. The highest BCUT2D eigenvalue weighted by Gasteiger charge is 2.42. The number of aldehydes is 1. The van der Waals surface area contributed by atoms with Crippen molar-refractivity contribution in [2.75, 3.05) is 6.61 Å². The zero-order chi connectivity index (χ0) is 13.3. The normalized spacial score (nSPS) is 19.7. The first-order valence-corrected chi connectivity index (χ1v) is 6.64. The van der Waals surface area contributed by atoms with E-state index in [1.54, 1.807) is 12.1 Å². The Morgan fingerprint density at radius 1 is 1.33 bits per heavy atom. The van der Waals surface area contributed by atoms with Crippen molar-refractivity contribution in [2.24, 2.45) is 0 Å². The molecule has 1 aromatic rings. The molecule has 0 bridgehead atoms. The van der Waals surface area contributed by atoms with Crippen molar-refractivity contribution >= 4 is 22.4 Å². The van der Waals surface area contributed by atoms with E-state index in [0.29, 0.717) is 10.6 Å². The molecule has 0 aromatic heterocycles. The smallest absolute Gasteiger partial charge is 0.424 e. The molecule has 96 valence electrons. The number of hydrogen-bond donors (Lipinski definition) is 0. The molecule has 0 spiro atoms. The van der Waals surface area contributed by atoms with Crippen LogP contribution in [0.5, 0.6) is 0 Å². The first-order valence-electron chi connectivity index (χ1n) is 5.20. The zero-order valence-electron chi connectivity index (χ0n) is 9.57. The van der Waals surface area contributed by atoms with Crippen molar-refractivity contribution in [3.8, 4) is 0 Å². The number of sulfonamides is 1. The van der Waals surface area contributed by atoms with Gasteiger partial charge in [-0.05, 0) is 19.1 Å². The van der Waals surface area contributed by atoms with Crippen LogP contribution in [0.15, 0.2) is 29.2 Å². The van der Waals surface area contributed by atoms with Gasteiger partial charge in [0.25, 0.3) is 10.0 Å². The summed E-state index contributed by atoms with van der Waals surface area (Å²) in [4.78, 5) is 22.1. The van der Waals surface area contributed by atoms with Crippen LogP contribution in [-0.2, 0) is 19.6 Å². The van der Waals surface area contributed by atoms with Gasteiger partial charge < -0.3 is 9.53 Å². The Bertz CT molecular complexity index is 578. The maximum Gasteiger partial charge on any atom is 0.424 e. The minimum Gasteiger partial charge on any atom is -0.446 e. The van der Waals surface area contributed by atoms with Crippen LogP contribution in [0.25, 0.3) is 0 Å². The second-order valence-corrected chi connectivity index (χ2v) is 5.71. The minimum atomic E-state index is -4.04. The number of amides is 1. The van der Waals surface area contributed by atoms with Gasteiger partial charge in [0.15, 0.2) is 0 Å². The number of hydrogen-bond acceptors (Lipinski definition) is 5. The van der Waals surface area contributed by atoms with Crippen molar-refractivity contribution in [3.63, 3.8) is 0 Å². The van der Waals surface area contributed by atoms with Gasteiger partial charge in [0.05, 0.1) is 4.90 Å². The maximum atomic E-state index is 12.2. The van der Waals surface area contributed by atoms with E-state index in [1.165, 1.54) is 12.1 Å². The van der Waals surface area contributed by atoms with Crippen LogP contribution >= 0.6 is 0 Å². The highest BCUT2D eigenvalue weighted by Crippen LogP contribution is 2.23. The fraction of sp³-hybridized carbons (Fsp3) is 0.273. The maximum absolute atomic E-state index is 12.2. The highest BCUT2D eigenvalue weighted by molar-refractivity contribution is 7.89. The number of carbonyl (C=O) groups excluding carboxylic acids is 2. The van der Waals surface area contributed by atoms with Crippen molar-refractivity contribution in [3.05, 3.63) is 29.8 Å². The summed E-state index contributed by atoms with van der Waals surface area (Å²) < 4.78 is 29.4. The molecule has 2 rings (SSSR count). The second kappa shape index (κ2) is 4.41. The van der Waals surface area contributed by atoms with E-state index in [-0.39, 0.29) is 11.5 Å². The predicted octanol–water partition coefficient (Wildman–Crippen LogP) is 0.703. The monoisotopic (exact) mass is 269 g/mol. The van der Waals surface area contributed by atoms with E-state index < -0.39 is 22.2 Å². The summed E-state index contributed by atoms with van der Waals surface area (Å²) in [6.45, 7) is 1.57. The molecule has 6 nitrogen and oxygen atoms in total. The number of ether oxygens (including phenoxy) is 1. The van der Waals surface area contributed by atoms with E-state index in [1.807, 2.05) is 6.92 Å². The Morgan fingerprint density at radius 2 is 1.94 bits per heavy atom. The molecule has 18 heavy (non-hydrogen) atoms. The Hall–Kier alpha value is -1.89. The molecule has 1 aliphatic rings. The lowest BCUT2D eigenvalue weighted by Gasteiger charge is -2.17. The summed E-state index contributed by atoms with van der Waals surface area (Å²) in [5, 5.41) is 0.